The Kier molecular flexibility index (Phi) is 8.08. The van der Waals surface area contributed by atoms with Crippen LogP contribution in [-0.2, 0) is 15.7 Å². The molecule has 0 bridgehead atoms. The number of carbonyl (C=O) groups excluding carboxylic acids is 1. The van der Waals surface area contributed by atoms with E-state index in [9.17, 15) is 22.8 Å². The number of carbonyl (C=O) groups is 1. The van der Waals surface area contributed by atoms with Gasteiger partial charge in [0.1, 0.15) is 11.4 Å². The monoisotopic (exact) mass is 624 g/mol. The fourth-order valence-electron chi connectivity index (χ4n) is 5.85. The maximum Gasteiger partial charge on any atom is 0.417 e. The number of methoxy groups -OCH3 is 1. The number of benzene rings is 1. The first-order valence-electron chi connectivity index (χ1n) is 13.8. The lowest BCUT2D eigenvalue weighted by atomic mass is 10.00. The molecule has 3 atom stereocenters. The van der Waals surface area contributed by atoms with E-state index in [4.69, 9.17) is 9.47 Å². The van der Waals surface area contributed by atoms with Crippen LogP contribution in [-0.4, -0.2) is 70.8 Å². The maximum absolute atomic E-state index is 14.8. The van der Waals surface area contributed by atoms with Crippen molar-refractivity contribution in [2.75, 3.05) is 37.5 Å². The number of halogens is 3. The van der Waals surface area contributed by atoms with Gasteiger partial charge in [-0.25, -0.2) is 9.59 Å². The van der Waals surface area contributed by atoms with E-state index in [-0.39, 0.29) is 54.6 Å². The Balaban J connectivity index is 1.72. The summed E-state index contributed by atoms with van der Waals surface area (Å²) in [6.45, 7) is 11.7. The van der Waals surface area contributed by atoms with E-state index in [1.165, 1.54) is 34.8 Å². The van der Waals surface area contributed by atoms with Crippen LogP contribution in [0, 0.1) is 6.92 Å². The summed E-state index contributed by atoms with van der Waals surface area (Å²) in [5, 5.41) is 0.257. The van der Waals surface area contributed by atoms with Crippen molar-refractivity contribution in [3.63, 3.8) is 0 Å². The first-order valence-corrected chi connectivity index (χ1v) is 15.6. The number of aromatic nitrogens is 2. The van der Waals surface area contributed by atoms with Gasteiger partial charge in [0.25, 0.3) is 0 Å². The van der Waals surface area contributed by atoms with E-state index in [1.54, 1.807) is 37.8 Å². The molecule has 1 saturated heterocycles. The first kappa shape index (κ1) is 30.7. The average molecular weight is 625 g/mol. The minimum Gasteiger partial charge on any atom is -0.444 e. The molecule has 0 unspecified atom stereocenters. The van der Waals surface area contributed by atoms with Crippen LogP contribution < -0.4 is 10.6 Å². The van der Waals surface area contributed by atoms with E-state index in [0.717, 1.165) is 10.9 Å². The Morgan fingerprint density at radius 2 is 1.81 bits per heavy atom. The van der Waals surface area contributed by atoms with Crippen molar-refractivity contribution in [1.29, 1.82) is 0 Å². The fraction of sp³-hybridized carbons (Fsp3) is 0.552. The number of rotatable bonds is 4. The highest BCUT2D eigenvalue weighted by atomic mass is 32.2. The zero-order chi connectivity index (χ0) is 30.7. The molecule has 4 heterocycles. The third-order valence-electron chi connectivity index (χ3n) is 7.40. The van der Waals surface area contributed by atoms with Gasteiger partial charge in [-0.1, -0.05) is 0 Å². The zero-order valence-electron chi connectivity index (χ0n) is 24.7. The van der Waals surface area contributed by atoms with Gasteiger partial charge in [0.15, 0.2) is 0 Å². The molecule has 5 rings (SSSR count). The molecule has 1 aromatic carbocycles. The van der Waals surface area contributed by atoms with E-state index in [0.29, 0.717) is 21.0 Å². The van der Waals surface area contributed by atoms with Crippen LogP contribution in [0.3, 0.4) is 0 Å². The molecular formula is C29H35F3N4O4S2. The largest absolute Gasteiger partial charge is 0.444 e. The van der Waals surface area contributed by atoms with Crippen molar-refractivity contribution >= 4 is 45.9 Å². The molecule has 13 heteroatoms. The third kappa shape index (κ3) is 5.62. The standard InChI is InChI=1S/C29H35F3N4O4S2/c1-15-11-34(12-16(2)35(15)27(38)40-28(4,5)6)25-19-10-20(29(30,31)32)22(21-9-8-17(3)42-21)24-23(19)36(26(37)33-25)18(13-39-7)14-41-24/h8-10,15-16,18H,11-14H2,1-7H3/t15-,16+,18-/m0/s1. The average Bonchev–Trinajstić information content (AvgIpc) is 3.29. The van der Waals surface area contributed by atoms with Gasteiger partial charge in [-0.2, -0.15) is 18.2 Å². The van der Waals surface area contributed by atoms with Gasteiger partial charge >= 0.3 is 18.0 Å². The van der Waals surface area contributed by atoms with Crippen molar-refractivity contribution in [3.8, 4) is 10.4 Å². The van der Waals surface area contributed by atoms with Gasteiger partial charge in [-0.05, 0) is 59.7 Å². The topological polar surface area (TPSA) is 76.9 Å². The molecule has 42 heavy (non-hydrogen) atoms. The molecule has 0 saturated carbocycles. The van der Waals surface area contributed by atoms with Crippen LogP contribution in [0.1, 0.15) is 51.1 Å². The number of thioether (sulfide) groups is 1. The molecule has 2 aliphatic rings. The Morgan fingerprint density at radius 1 is 1.14 bits per heavy atom. The van der Waals surface area contributed by atoms with Crippen molar-refractivity contribution < 1.29 is 27.4 Å². The molecule has 2 aliphatic heterocycles. The number of hydrogen-bond acceptors (Lipinski definition) is 8. The number of nitrogens with zero attached hydrogens (tertiary/aromatic N) is 4. The third-order valence-corrected chi connectivity index (χ3v) is 9.66. The highest BCUT2D eigenvalue weighted by Crippen LogP contribution is 2.51. The van der Waals surface area contributed by atoms with Crippen LogP contribution in [0.25, 0.3) is 21.3 Å². The highest BCUT2D eigenvalue weighted by Gasteiger charge is 2.41. The van der Waals surface area contributed by atoms with Crippen molar-refractivity contribution in [1.82, 2.24) is 14.5 Å². The minimum atomic E-state index is -4.64. The SMILES string of the molecule is COC[C@H]1CSc2c(-c3ccc(C)s3)c(C(F)(F)F)cc3c(N4C[C@@H](C)N(C(=O)OC(C)(C)C)[C@@H](C)C4)nc(=O)n1c23. The number of piperazine rings is 1. The van der Waals surface area contributed by atoms with Gasteiger partial charge in [0, 0.05) is 51.6 Å². The zero-order valence-corrected chi connectivity index (χ0v) is 26.3. The van der Waals surface area contributed by atoms with Crippen LogP contribution >= 0.6 is 23.1 Å². The predicted octanol–water partition coefficient (Wildman–Crippen LogP) is 6.58. The van der Waals surface area contributed by atoms with Gasteiger partial charge in [-0.15, -0.1) is 23.1 Å². The van der Waals surface area contributed by atoms with Gasteiger partial charge in [-0.3, -0.25) is 9.47 Å². The lowest BCUT2D eigenvalue weighted by molar-refractivity contribution is -0.137. The molecule has 0 radical (unpaired) electrons. The minimum absolute atomic E-state index is 0.0933. The molecule has 2 aromatic heterocycles. The Morgan fingerprint density at radius 3 is 2.36 bits per heavy atom. The smallest absolute Gasteiger partial charge is 0.417 e. The molecule has 0 N–H and O–H groups in total. The molecule has 0 aliphatic carbocycles. The highest BCUT2D eigenvalue weighted by molar-refractivity contribution is 7.99. The maximum atomic E-state index is 14.8. The molecule has 8 nitrogen and oxygen atoms in total. The second kappa shape index (κ2) is 11.1. The van der Waals surface area contributed by atoms with Crippen molar-refractivity contribution in [2.45, 2.75) is 76.3 Å². The molecular weight excluding hydrogens is 589 g/mol. The molecule has 228 valence electrons. The summed E-state index contributed by atoms with van der Waals surface area (Å²) in [4.78, 5) is 36.3. The lowest BCUT2D eigenvalue weighted by Gasteiger charge is -2.45. The Bertz CT molecular complexity index is 1570. The molecule has 3 aromatic rings. The van der Waals surface area contributed by atoms with E-state index >= 15 is 0 Å². The molecule has 1 amide bonds. The van der Waals surface area contributed by atoms with Crippen molar-refractivity contribution in [2.24, 2.45) is 0 Å². The Labute approximate surface area is 250 Å². The van der Waals surface area contributed by atoms with E-state index < -0.39 is 29.1 Å². The number of alkyl halides is 3. The summed E-state index contributed by atoms with van der Waals surface area (Å²) in [6, 6.07) is 3.57. The number of thiophene rings is 1. The summed E-state index contributed by atoms with van der Waals surface area (Å²) >= 11 is 2.61. The number of anilines is 1. The lowest BCUT2D eigenvalue weighted by Crippen LogP contribution is -2.60. The summed E-state index contributed by atoms with van der Waals surface area (Å²) in [7, 11) is 1.53. The van der Waals surface area contributed by atoms with Gasteiger partial charge in [0.05, 0.1) is 35.8 Å². The summed E-state index contributed by atoms with van der Waals surface area (Å²) in [5.74, 6) is 0.561. The molecule has 0 spiro atoms. The van der Waals surface area contributed by atoms with Gasteiger partial charge < -0.3 is 14.4 Å². The summed E-state index contributed by atoms with van der Waals surface area (Å²) in [5.41, 5.74) is -1.44. The second-order valence-corrected chi connectivity index (χ2v) is 14.2. The van der Waals surface area contributed by atoms with Crippen molar-refractivity contribution in [3.05, 3.63) is 39.1 Å². The van der Waals surface area contributed by atoms with Crippen LogP contribution in [0.15, 0.2) is 27.9 Å². The normalized spacial score (nSPS) is 21.2. The number of aryl methyl sites for hydroxylation is 1. The Hall–Kier alpha value is -2.77. The number of ether oxygens (including phenoxy) is 2. The van der Waals surface area contributed by atoms with Crippen LogP contribution in [0.2, 0.25) is 0 Å². The molecule has 1 fully saturated rings. The second-order valence-electron chi connectivity index (χ2n) is 11.9. The number of amides is 1. The first-order chi connectivity index (χ1) is 19.6. The van der Waals surface area contributed by atoms with E-state index in [2.05, 4.69) is 4.98 Å². The van der Waals surface area contributed by atoms with Crippen LogP contribution in [0.5, 0.6) is 0 Å². The predicted molar refractivity (Wildman–Crippen MR) is 160 cm³/mol. The summed E-state index contributed by atoms with van der Waals surface area (Å²) < 4.78 is 56.8. The fourth-order valence-corrected chi connectivity index (χ4v) is 8.17. The van der Waals surface area contributed by atoms with Crippen LogP contribution in [0.4, 0.5) is 23.8 Å². The van der Waals surface area contributed by atoms with E-state index in [1.807, 2.05) is 25.7 Å². The number of hydrogen-bond donors (Lipinski definition) is 0. The summed E-state index contributed by atoms with van der Waals surface area (Å²) in [6.07, 6.45) is -5.10. The quantitative estimate of drug-likeness (QED) is 0.325. The van der Waals surface area contributed by atoms with Gasteiger partial charge in [0.2, 0.25) is 0 Å².